The van der Waals surface area contributed by atoms with Crippen LogP contribution in [-0.4, -0.2) is 66.7 Å². The number of likely N-dealkylation sites (tertiary alicyclic amines) is 1. The normalized spacial score (nSPS) is 32.1. The van der Waals surface area contributed by atoms with Crippen molar-refractivity contribution in [3.8, 4) is 0 Å². The molecule has 3 heterocycles. The van der Waals surface area contributed by atoms with E-state index in [0.717, 1.165) is 6.42 Å². The summed E-state index contributed by atoms with van der Waals surface area (Å²) in [6, 6.07) is 6.80. The van der Waals surface area contributed by atoms with E-state index >= 15 is 0 Å². The van der Waals surface area contributed by atoms with Gasteiger partial charge in [0.1, 0.15) is 10.9 Å². The van der Waals surface area contributed by atoms with E-state index in [1.165, 1.54) is 0 Å². The topological polar surface area (TPSA) is 66.9 Å². The van der Waals surface area contributed by atoms with Crippen LogP contribution in [0.15, 0.2) is 24.3 Å². The van der Waals surface area contributed by atoms with Gasteiger partial charge < -0.3 is 9.64 Å². The molecule has 1 aromatic carbocycles. The van der Waals surface area contributed by atoms with Gasteiger partial charge in [0.05, 0.1) is 12.6 Å². The molecule has 1 aromatic rings. The van der Waals surface area contributed by atoms with E-state index in [0.29, 0.717) is 49.1 Å². The lowest BCUT2D eigenvalue weighted by molar-refractivity contribution is -0.0977. The lowest BCUT2D eigenvalue weighted by atomic mass is 9.99. The number of sulfonamides is 1. The molecule has 27 heavy (non-hydrogen) atoms. The van der Waals surface area contributed by atoms with E-state index < -0.39 is 20.9 Å². The van der Waals surface area contributed by atoms with Crippen LogP contribution in [0.3, 0.4) is 0 Å². The average molecular weight is 413 g/mol. The molecule has 0 aromatic heterocycles. The Balaban J connectivity index is 1.56. The molecule has 3 fully saturated rings. The lowest BCUT2D eigenvalue weighted by Crippen LogP contribution is -2.56. The third-order valence-electron chi connectivity index (χ3n) is 5.85. The van der Waals surface area contributed by atoms with Gasteiger partial charge in [-0.2, -0.15) is 4.31 Å². The summed E-state index contributed by atoms with van der Waals surface area (Å²) in [4.78, 5) is 14.7. The van der Waals surface area contributed by atoms with Crippen LogP contribution in [0.1, 0.15) is 37.0 Å². The highest BCUT2D eigenvalue weighted by atomic mass is 35.5. The minimum atomic E-state index is -3.39. The number of morpholine rings is 1. The Morgan fingerprint density at radius 3 is 2.67 bits per heavy atom. The Kier molecular flexibility index (Phi) is 4.78. The van der Waals surface area contributed by atoms with Crippen molar-refractivity contribution in [1.29, 1.82) is 0 Å². The SMILES string of the molecule is CC(C)CCN1C[C@@]23CN(C(=O)c4ccc(Cl)cc4)C[C@@H](C[C@@H]2S1(=O)=O)O3. The number of rotatable bonds is 4. The van der Waals surface area contributed by atoms with Gasteiger partial charge in [-0.3, -0.25) is 4.79 Å². The van der Waals surface area contributed by atoms with Gasteiger partial charge >= 0.3 is 0 Å². The van der Waals surface area contributed by atoms with Crippen LogP contribution in [0.2, 0.25) is 5.02 Å². The molecule has 8 heteroatoms. The molecular formula is C19H25ClN2O4S. The third kappa shape index (κ3) is 3.28. The van der Waals surface area contributed by atoms with Crippen LogP contribution < -0.4 is 0 Å². The Morgan fingerprint density at radius 1 is 1.30 bits per heavy atom. The maximum atomic E-state index is 13.0. The van der Waals surface area contributed by atoms with Gasteiger partial charge in [-0.15, -0.1) is 0 Å². The summed E-state index contributed by atoms with van der Waals surface area (Å²) in [5.74, 6) is 0.333. The first-order valence-electron chi connectivity index (χ1n) is 9.43. The van der Waals surface area contributed by atoms with Crippen molar-refractivity contribution in [3.63, 3.8) is 0 Å². The summed E-state index contributed by atoms with van der Waals surface area (Å²) >= 11 is 5.91. The number of carbonyl (C=O) groups is 1. The molecule has 0 N–H and O–H groups in total. The fraction of sp³-hybridized carbons (Fsp3) is 0.632. The highest BCUT2D eigenvalue weighted by Gasteiger charge is 2.65. The molecule has 0 saturated carbocycles. The van der Waals surface area contributed by atoms with Crippen molar-refractivity contribution in [3.05, 3.63) is 34.9 Å². The average Bonchev–Trinajstić information content (AvgIpc) is 2.98. The molecule has 4 rings (SSSR count). The summed E-state index contributed by atoms with van der Waals surface area (Å²) in [7, 11) is -3.39. The second-order valence-electron chi connectivity index (χ2n) is 8.28. The number of halogens is 1. The number of benzene rings is 1. The van der Waals surface area contributed by atoms with Crippen molar-refractivity contribution in [2.24, 2.45) is 5.92 Å². The van der Waals surface area contributed by atoms with Gasteiger partial charge in [0.15, 0.2) is 0 Å². The molecular weight excluding hydrogens is 388 g/mol. The number of ether oxygens (including phenoxy) is 1. The highest BCUT2D eigenvalue weighted by molar-refractivity contribution is 7.90. The number of fused-ring (bicyclic) bond motifs is 1. The van der Waals surface area contributed by atoms with Gasteiger partial charge in [-0.25, -0.2) is 8.42 Å². The van der Waals surface area contributed by atoms with E-state index in [-0.39, 0.29) is 12.0 Å². The maximum absolute atomic E-state index is 13.0. The van der Waals surface area contributed by atoms with Crippen LogP contribution >= 0.6 is 11.6 Å². The largest absolute Gasteiger partial charge is 0.365 e. The van der Waals surface area contributed by atoms with Crippen molar-refractivity contribution >= 4 is 27.5 Å². The predicted octanol–water partition coefficient (Wildman–Crippen LogP) is 2.38. The van der Waals surface area contributed by atoms with E-state index in [4.69, 9.17) is 16.3 Å². The van der Waals surface area contributed by atoms with Gasteiger partial charge in [0.2, 0.25) is 10.0 Å². The van der Waals surface area contributed by atoms with E-state index in [1.54, 1.807) is 33.5 Å². The Labute approximate surface area is 165 Å². The molecule has 1 amide bonds. The second kappa shape index (κ2) is 6.72. The fourth-order valence-corrected chi connectivity index (χ4v) is 6.93. The Hall–Kier alpha value is -1.15. The van der Waals surface area contributed by atoms with Gasteiger partial charge in [0, 0.05) is 30.2 Å². The van der Waals surface area contributed by atoms with Gasteiger partial charge in [0.25, 0.3) is 5.91 Å². The molecule has 0 radical (unpaired) electrons. The molecule has 0 aliphatic carbocycles. The summed E-state index contributed by atoms with van der Waals surface area (Å²) in [5.41, 5.74) is -0.243. The van der Waals surface area contributed by atoms with Crippen molar-refractivity contribution in [1.82, 2.24) is 9.21 Å². The molecule has 6 nitrogen and oxygen atoms in total. The minimum Gasteiger partial charge on any atom is -0.365 e. The quantitative estimate of drug-likeness (QED) is 0.761. The fourth-order valence-electron chi connectivity index (χ4n) is 4.48. The van der Waals surface area contributed by atoms with E-state index in [1.807, 2.05) is 0 Å². The summed E-state index contributed by atoms with van der Waals surface area (Å²) < 4.78 is 33.8. The Morgan fingerprint density at radius 2 is 2.00 bits per heavy atom. The van der Waals surface area contributed by atoms with Crippen molar-refractivity contribution in [2.45, 2.75) is 43.6 Å². The first kappa shape index (κ1) is 19.2. The third-order valence-corrected chi connectivity index (χ3v) is 8.47. The van der Waals surface area contributed by atoms with Crippen molar-refractivity contribution in [2.75, 3.05) is 26.2 Å². The molecule has 1 spiro atoms. The molecule has 0 unspecified atom stereocenters. The zero-order chi connectivity index (χ0) is 19.4. The van der Waals surface area contributed by atoms with E-state index in [2.05, 4.69) is 13.8 Å². The van der Waals surface area contributed by atoms with Crippen LogP contribution in [0.25, 0.3) is 0 Å². The first-order chi connectivity index (χ1) is 12.7. The zero-order valence-electron chi connectivity index (χ0n) is 15.6. The van der Waals surface area contributed by atoms with Crippen LogP contribution in [0.5, 0.6) is 0 Å². The van der Waals surface area contributed by atoms with Gasteiger partial charge in [-0.1, -0.05) is 25.4 Å². The maximum Gasteiger partial charge on any atom is 0.254 e. The highest BCUT2D eigenvalue weighted by Crippen LogP contribution is 2.46. The number of hydrogen-bond donors (Lipinski definition) is 0. The summed E-state index contributed by atoms with van der Waals surface area (Å²) in [5, 5.41) is 0.0279. The Bertz CT molecular complexity index is 842. The monoisotopic (exact) mass is 412 g/mol. The molecule has 3 saturated heterocycles. The molecule has 148 valence electrons. The standard InChI is InChI=1S/C19H25ClN2O4S/c1-13(2)7-8-22-12-19-11-21(18(23)14-3-5-15(20)6-4-14)10-16(26-19)9-17(19)27(22,24)25/h3-6,13,16-17H,7-12H2,1-2H3/t16-,17+,19+/m1/s1. The number of carbonyl (C=O) groups excluding carboxylic acids is 1. The number of hydrogen-bond acceptors (Lipinski definition) is 4. The van der Waals surface area contributed by atoms with Crippen LogP contribution in [-0.2, 0) is 14.8 Å². The smallest absolute Gasteiger partial charge is 0.254 e. The minimum absolute atomic E-state index is 0.0991. The predicted molar refractivity (Wildman–Crippen MR) is 103 cm³/mol. The summed E-state index contributed by atoms with van der Waals surface area (Å²) in [6.45, 7) is 5.77. The second-order valence-corrected chi connectivity index (χ2v) is 10.8. The number of amides is 1. The van der Waals surface area contributed by atoms with Gasteiger partial charge in [-0.05, 0) is 43.0 Å². The zero-order valence-corrected chi connectivity index (χ0v) is 17.2. The van der Waals surface area contributed by atoms with E-state index in [9.17, 15) is 13.2 Å². The lowest BCUT2D eigenvalue weighted by Gasteiger charge is -2.39. The molecule has 2 bridgehead atoms. The first-order valence-corrected chi connectivity index (χ1v) is 11.3. The molecule has 3 atom stereocenters. The molecule has 3 aliphatic heterocycles. The molecule has 3 aliphatic rings. The summed E-state index contributed by atoms with van der Waals surface area (Å²) in [6.07, 6.45) is 1.06. The van der Waals surface area contributed by atoms with Crippen LogP contribution in [0, 0.1) is 5.92 Å². The van der Waals surface area contributed by atoms with Crippen molar-refractivity contribution < 1.29 is 17.9 Å². The van der Waals surface area contributed by atoms with Crippen LogP contribution in [0.4, 0.5) is 0 Å². The number of nitrogens with zero attached hydrogens (tertiary/aromatic N) is 2.